The minimum atomic E-state index is -0.253. The van der Waals surface area contributed by atoms with E-state index in [9.17, 15) is 4.79 Å². The molecule has 1 unspecified atom stereocenters. The lowest BCUT2D eigenvalue weighted by molar-refractivity contribution is 0.0945. The number of nitrogens with one attached hydrogen (secondary N) is 2. The maximum atomic E-state index is 12.3. The minimum Gasteiger partial charge on any atom is -0.345 e. The van der Waals surface area contributed by atoms with Crippen LogP contribution >= 0.6 is 23.7 Å². The van der Waals surface area contributed by atoms with Gasteiger partial charge in [-0.3, -0.25) is 19.4 Å². The van der Waals surface area contributed by atoms with Crippen LogP contribution in [0.2, 0.25) is 0 Å². The lowest BCUT2D eigenvalue weighted by Gasteiger charge is -2.22. The largest absolute Gasteiger partial charge is 0.345 e. The summed E-state index contributed by atoms with van der Waals surface area (Å²) in [6.07, 6.45) is 8.97. The molecule has 4 rings (SSSR count). The fourth-order valence-corrected chi connectivity index (χ4v) is 3.79. The maximum Gasteiger partial charge on any atom is 0.273 e. The standard InChI is InChI=1S/C17H20N8OS.ClH/c26-16(15-10-25(24-23-15)9-12-2-1-3-18-6-12)21-7-13-11-27-17(22-13)14-8-19-4-5-20-14;/h4-5,8,10-12,18H,1-3,6-7,9H2,(H,21,26);1H. The molecule has 3 aromatic heterocycles. The summed E-state index contributed by atoms with van der Waals surface area (Å²) in [6, 6.07) is 0. The molecule has 0 bridgehead atoms. The Morgan fingerprint density at radius 3 is 3.11 bits per heavy atom. The van der Waals surface area contributed by atoms with Crippen molar-refractivity contribution in [1.82, 2.24) is 40.6 Å². The van der Waals surface area contributed by atoms with Gasteiger partial charge in [-0.1, -0.05) is 5.21 Å². The van der Waals surface area contributed by atoms with Crippen molar-refractivity contribution in [2.75, 3.05) is 13.1 Å². The molecule has 1 atom stereocenters. The van der Waals surface area contributed by atoms with Crippen LogP contribution in [0.3, 0.4) is 0 Å². The number of aromatic nitrogens is 6. The lowest BCUT2D eigenvalue weighted by Crippen LogP contribution is -2.32. The normalized spacial score (nSPS) is 16.4. The van der Waals surface area contributed by atoms with Crippen molar-refractivity contribution in [1.29, 1.82) is 0 Å². The number of hydrogen-bond acceptors (Lipinski definition) is 8. The molecule has 2 N–H and O–H groups in total. The van der Waals surface area contributed by atoms with Gasteiger partial charge in [0.2, 0.25) is 0 Å². The average Bonchev–Trinajstić information content (AvgIpc) is 3.37. The first kappa shape index (κ1) is 20.3. The molecule has 0 spiro atoms. The lowest BCUT2D eigenvalue weighted by atomic mass is 10.00. The minimum absolute atomic E-state index is 0. The van der Waals surface area contributed by atoms with Crippen LogP contribution in [-0.4, -0.2) is 48.9 Å². The van der Waals surface area contributed by atoms with Crippen LogP contribution < -0.4 is 10.6 Å². The van der Waals surface area contributed by atoms with E-state index >= 15 is 0 Å². The number of rotatable bonds is 6. The van der Waals surface area contributed by atoms with Gasteiger partial charge in [-0.05, 0) is 31.8 Å². The molecule has 1 aliphatic rings. The Morgan fingerprint density at radius 2 is 2.32 bits per heavy atom. The first-order valence-electron chi connectivity index (χ1n) is 8.88. The summed E-state index contributed by atoms with van der Waals surface area (Å²) in [6.45, 7) is 3.17. The van der Waals surface area contributed by atoms with Gasteiger partial charge < -0.3 is 10.6 Å². The number of thiazole rings is 1. The highest BCUT2D eigenvalue weighted by Gasteiger charge is 2.16. The molecule has 0 aliphatic carbocycles. The Labute approximate surface area is 172 Å². The molecule has 4 heterocycles. The predicted molar refractivity (Wildman–Crippen MR) is 107 cm³/mol. The molecule has 1 amide bonds. The number of carbonyl (C=O) groups excluding carboxylic acids is 1. The molecule has 0 radical (unpaired) electrons. The van der Waals surface area contributed by atoms with Gasteiger partial charge in [0.1, 0.15) is 10.7 Å². The van der Waals surface area contributed by atoms with E-state index in [1.54, 1.807) is 29.5 Å². The van der Waals surface area contributed by atoms with Crippen LogP contribution in [0.15, 0.2) is 30.2 Å². The molecular weight excluding hydrogens is 400 g/mol. The summed E-state index contributed by atoms with van der Waals surface area (Å²) in [5.41, 5.74) is 1.82. The van der Waals surface area contributed by atoms with Crippen LogP contribution in [0.5, 0.6) is 0 Å². The number of hydrogen-bond donors (Lipinski definition) is 2. The van der Waals surface area contributed by atoms with Crippen LogP contribution in [-0.2, 0) is 13.1 Å². The molecular formula is C17H21ClN8OS. The van der Waals surface area contributed by atoms with E-state index in [1.807, 2.05) is 5.38 Å². The molecule has 148 valence electrons. The van der Waals surface area contributed by atoms with E-state index in [0.717, 1.165) is 36.0 Å². The molecule has 0 aromatic carbocycles. The third kappa shape index (κ3) is 5.09. The van der Waals surface area contributed by atoms with Gasteiger partial charge in [0.15, 0.2) is 5.69 Å². The zero-order valence-electron chi connectivity index (χ0n) is 15.1. The van der Waals surface area contributed by atoms with Crippen LogP contribution in [0.25, 0.3) is 10.7 Å². The molecule has 28 heavy (non-hydrogen) atoms. The summed E-state index contributed by atoms with van der Waals surface area (Å²) in [5, 5.41) is 17.0. The molecule has 1 fully saturated rings. The Bertz CT molecular complexity index is 893. The van der Waals surface area contributed by atoms with Crippen molar-refractivity contribution >= 4 is 29.7 Å². The molecule has 1 aliphatic heterocycles. The van der Waals surface area contributed by atoms with Crippen molar-refractivity contribution < 1.29 is 4.79 Å². The van der Waals surface area contributed by atoms with E-state index in [0.29, 0.717) is 18.2 Å². The number of carbonyl (C=O) groups is 1. The topological polar surface area (TPSA) is 111 Å². The van der Waals surface area contributed by atoms with Gasteiger partial charge in [0.25, 0.3) is 5.91 Å². The monoisotopic (exact) mass is 420 g/mol. The number of halogens is 1. The Morgan fingerprint density at radius 1 is 1.39 bits per heavy atom. The first-order valence-corrected chi connectivity index (χ1v) is 9.76. The van der Waals surface area contributed by atoms with Crippen molar-refractivity contribution in [3.8, 4) is 10.7 Å². The zero-order chi connectivity index (χ0) is 18.5. The first-order chi connectivity index (χ1) is 13.3. The van der Waals surface area contributed by atoms with Crippen molar-refractivity contribution in [3.05, 3.63) is 41.6 Å². The Balaban J connectivity index is 0.00000225. The molecule has 9 nitrogen and oxygen atoms in total. The van der Waals surface area contributed by atoms with E-state index in [2.05, 4.69) is 35.9 Å². The summed E-state index contributed by atoms with van der Waals surface area (Å²) in [7, 11) is 0. The van der Waals surface area contributed by atoms with Crippen LogP contribution in [0, 0.1) is 5.92 Å². The highest BCUT2D eigenvalue weighted by molar-refractivity contribution is 7.13. The van der Waals surface area contributed by atoms with Crippen molar-refractivity contribution in [2.24, 2.45) is 5.92 Å². The smallest absolute Gasteiger partial charge is 0.273 e. The van der Waals surface area contributed by atoms with Gasteiger partial charge in [-0.15, -0.1) is 28.8 Å². The molecule has 3 aromatic rings. The van der Waals surface area contributed by atoms with Crippen LogP contribution in [0.4, 0.5) is 0 Å². The summed E-state index contributed by atoms with van der Waals surface area (Å²) in [4.78, 5) is 25.1. The second-order valence-corrected chi connectivity index (χ2v) is 7.31. The summed E-state index contributed by atoms with van der Waals surface area (Å²) >= 11 is 1.47. The van der Waals surface area contributed by atoms with Crippen molar-refractivity contribution in [2.45, 2.75) is 25.9 Å². The zero-order valence-corrected chi connectivity index (χ0v) is 16.7. The fourth-order valence-electron chi connectivity index (χ4n) is 3.01. The third-order valence-corrected chi connectivity index (χ3v) is 5.29. The highest BCUT2D eigenvalue weighted by Crippen LogP contribution is 2.20. The van der Waals surface area contributed by atoms with Gasteiger partial charge in [0, 0.05) is 24.3 Å². The number of amides is 1. The van der Waals surface area contributed by atoms with Gasteiger partial charge >= 0.3 is 0 Å². The fraction of sp³-hybridized carbons (Fsp3) is 0.412. The van der Waals surface area contributed by atoms with Gasteiger partial charge in [-0.25, -0.2) is 4.98 Å². The van der Waals surface area contributed by atoms with Gasteiger partial charge in [-0.2, -0.15) is 0 Å². The Hall–Kier alpha value is -2.43. The molecule has 1 saturated heterocycles. The number of nitrogens with zero attached hydrogens (tertiary/aromatic N) is 6. The average molecular weight is 421 g/mol. The van der Waals surface area contributed by atoms with E-state index in [1.165, 1.54) is 24.2 Å². The summed E-state index contributed by atoms with van der Waals surface area (Å²) < 4.78 is 1.75. The van der Waals surface area contributed by atoms with Gasteiger partial charge in [0.05, 0.1) is 24.6 Å². The Kier molecular flexibility index (Phi) is 7.01. The van der Waals surface area contributed by atoms with E-state index < -0.39 is 0 Å². The van der Waals surface area contributed by atoms with E-state index in [-0.39, 0.29) is 18.3 Å². The maximum absolute atomic E-state index is 12.3. The second-order valence-electron chi connectivity index (χ2n) is 6.46. The third-order valence-electron chi connectivity index (χ3n) is 4.38. The number of piperidine rings is 1. The quantitative estimate of drug-likeness (QED) is 0.622. The van der Waals surface area contributed by atoms with Crippen LogP contribution in [0.1, 0.15) is 29.0 Å². The van der Waals surface area contributed by atoms with Crippen molar-refractivity contribution in [3.63, 3.8) is 0 Å². The summed E-state index contributed by atoms with van der Waals surface area (Å²) in [5.74, 6) is 0.281. The molecule has 11 heteroatoms. The van der Waals surface area contributed by atoms with E-state index in [4.69, 9.17) is 0 Å². The predicted octanol–water partition coefficient (Wildman–Crippen LogP) is 1.54. The molecule has 0 saturated carbocycles. The second kappa shape index (κ2) is 9.67. The SMILES string of the molecule is Cl.O=C(NCc1csc(-c2cnccn2)n1)c1cn(CC2CCCNC2)nn1. The highest BCUT2D eigenvalue weighted by atomic mass is 35.5.